The van der Waals surface area contributed by atoms with Crippen LogP contribution in [0.5, 0.6) is 0 Å². The van der Waals surface area contributed by atoms with E-state index in [-0.39, 0.29) is 12.7 Å². The molecule has 1 aromatic carbocycles. The van der Waals surface area contributed by atoms with Crippen LogP contribution in [0, 0.1) is 0 Å². The minimum Gasteiger partial charge on any atom is -0.389 e. The highest BCUT2D eigenvalue weighted by Crippen LogP contribution is 2.19. The van der Waals surface area contributed by atoms with Gasteiger partial charge in [-0.15, -0.1) is 0 Å². The van der Waals surface area contributed by atoms with E-state index in [1.807, 2.05) is 24.3 Å². The van der Waals surface area contributed by atoms with E-state index >= 15 is 0 Å². The van der Waals surface area contributed by atoms with Crippen LogP contribution < -0.4 is 0 Å². The Morgan fingerprint density at radius 3 is 2.72 bits per heavy atom. The van der Waals surface area contributed by atoms with E-state index < -0.39 is 10.1 Å². The highest BCUT2D eigenvalue weighted by molar-refractivity contribution is 9.10. The van der Waals surface area contributed by atoms with Crippen LogP contribution in [0.3, 0.4) is 0 Å². The zero-order valence-corrected chi connectivity index (χ0v) is 12.1. The average Bonchev–Trinajstić information content (AvgIpc) is 2.75. The Kier molecular flexibility index (Phi) is 4.04. The molecule has 0 aromatic heterocycles. The average molecular weight is 334 g/mol. The summed E-state index contributed by atoms with van der Waals surface area (Å²) < 4.78 is 27.4. The molecule has 98 valence electrons. The first-order valence-electron chi connectivity index (χ1n) is 5.27. The SMILES string of the molecule is CS(=O)(=O)OCC1CC(c2ccc(Br)cc2)=NO1. The van der Waals surface area contributed by atoms with Crippen molar-refractivity contribution in [2.24, 2.45) is 5.16 Å². The van der Waals surface area contributed by atoms with Crippen molar-refractivity contribution in [3.05, 3.63) is 34.3 Å². The molecule has 0 saturated heterocycles. The van der Waals surface area contributed by atoms with E-state index in [4.69, 9.17) is 4.84 Å². The predicted octanol–water partition coefficient (Wildman–Crippen LogP) is 1.92. The molecule has 2 rings (SSSR count). The second kappa shape index (κ2) is 5.38. The quantitative estimate of drug-likeness (QED) is 0.789. The second-order valence-corrected chi connectivity index (χ2v) is 6.52. The zero-order valence-electron chi connectivity index (χ0n) is 9.67. The summed E-state index contributed by atoms with van der Waals surface area (Å²) in [4.78, 5) is 5.13. The minimum absolute atomic E-state index is 0.0115. The van der Waals surface area contributed by atoms with E-state index in [0.29, 0.717) is 6.42 Å². The monoisotopic (exact) mass is 333 g/mol. The summed E-state index contributed by atoms with van der Waals surface area (Å²) in [5.41, 5.74) is 1.75. The molecule has 1 unspecified atom stereocenters. The molecule has 1 heterocycles. The van der Waals surface area contributed by atoms with E-state index in [2.05, 4.69) is 25.3 Å². The molecule has 0 aliphatic carbocycles. The molecule has 0 radical (unpaired) electrons. The Morgan fingerprint density at radius 2 is 2.11 bits per heavy atom. The van der Waals surface area contributed by atoms with Crippen molar-refractivity contribution in [2.75, 3.05) is 12.9 Å². The fraction of sp³-hybridized carbons (Fsp3) is 0.364. The summed E-state index contributed by atoms with van der Waals surface area (Å²) in [6.07, 6.45) is 1.20. The first-order valence-corrected chi connectivity index (χ1v) is 7.88. The van der Waals surface area contributed by atoms with Crippen LogP contribution in [0.2, 0.25) is 0 Å². The highest BCUT2D eigenvalue weighted by atomic mass is 79.9. The summed E-state index contributed by atoms with van der Waals surface area (Å²) >= 11 is 3.35. The molecule has 18 heavy (non-hydrogen) atoms. The fourth-order valence-electron chi connectivity index (χ4n) is 1.53. The summed E-state index contributed by atoms with van der Waals surface area (Å²) in [5.74, 6) is 0. The fourth-order valence-corrected chi connectivity index (χ4v) is 2.19. The Hall–Kier alpha value is -0.920. The summed E-state index contributed by atoms with van der Waals surface area (Å²) in [7, 11) is -3.44. The Bertz CT molecular complexity index is 553. The van der Waals surface area contributed by atoms with Gasteiger partial charge in [-0.2, -0.15) is 8.42 Å². The number of rotatable bonds is 4. The minimum atomic E-state index is -3.44. The molecule has 1 aromatic rings. The molecule has 1 aliphatic rings. The van der Waals surface area contributed by atoms with Gasteiger partial charge in [-0.1, -0.05) is 33.2 Å². The van der Waals surface area contributed by atoms with Crippen molar-refractivity contribution in [1.29, 1.82) is 0 Å². The van der Waals surface area contributed by atoms with Crippen molar-refractivity contribution in [3.8, 4) is 0 Å². The normalized spacial score (nSPS) is 19.4. The van der Waals surface area contributed by atoms with E-state index in [0.717, 1.165) is 22.0 Å². The van der Waals surface area contributed by atoms with E-state index in [9.17, 15) is 8.42 Å². The molecule has 0 amide bonds. The molecule has 1 aliphatic heterocycles. The lowest BCUT2D eigenvalue weighted by molar-refractivity contribution is 0.0493. The third-order valence-electron chi connectivity index (χ3n) is 2.38. The number of hydrogen-bond donors (Lipinski definition) is 0. The van der Waals surface area contributed by atoms with Crippen LogP contribution in [0.25, 0.3) is 0 Å². The van der Waals surface area contributed by atoms with Crippen LogP contribution in [-0.2, 0) is 19.1 Å². The van der Waals surface area contributed by atoms with Crippen molar-refractivity contribution < 1.29 is 17.4 Å². The lowest BCUT2D eigenvalue weighted by Crippen LogP contribution is -2.18. The lowest BCUT2D eigenvalue weighted by Gasteiger charge is -2.06. The van der Waals surface area contributed by atoms with Crippen molar-refractivity contribution >= 4 is 31.8 Å². The molecule has 0 N–H and O–H groups in total. The van der Waals surface area contributed by atoms with Gasteiger partial charge in [0.25, 0.3) is 10.1 Å². The van der Waals surface area contributed by atoms with E-state index in [1.54, 1.807) is 0 Å². The first kappa shape index (κ1) is 13.5. The standard InChI is InChI=1S/C11H12BrNO4S/c1-18(14,15)16-7-10-6-11(13-17-10)8-2-4-9(12)5-3-8/h2-5,10H,6-7H2,1H3. The molecule has 0 bridgehead atoms. The third-order valence-corrected chi connectivity index (χ3v) is 3.47. The van der Waals surface area contributed by atoms with Crippen molar-refractivity contribution in [3.63, 3.8) is 0 Å². The van der Waals surface area contributed by atoms with Gasteiger partial charge in [-0.25, -0.2) is 0 Å². The van der Waals surface area contributed by atoms with Gasteiger partial charge in [0.2, 0.25) is 0 Å². The van der Waals surface area contributed by atoms with Gasteiger partial charge in [0, 0.05) is 10.9 Å². The summed E-state index contributed by atoms with van der Waals surface area (Å²) in [6, 6.07) is 7.68. The van der Waals surface area contributed by atoms with Crippen LogP contribution >= 0.6 is 15.9 Å². The number of halogens is 1. The van der Waals surface area contributed by atoms with E-state index in [1.165, 1.54) is 0 Å². The third kappa shape index (κ3) is 3.79. The zero-order chi connectivity index (χ0) is 13.2. The Balaban J connectivity index is 1.93. The maximum atomic E-state index is 10.9. The lowest BCUT2D eigenvalue weighted by atomic mass is 10.1. The van der Waals surface area contributed by atoms with Crippen LogP contribution in [-0.4, -0.2) is 33.1 Å². The van der Waals surface area contributed by atoms with Crippen LogP contribution in [0.15, 0.2) is 33.9 Å². The summed E-state index contributed by atoms with van der Waals surface area (Å²) in [6.45, 7) is -0.0115. The molecule has 1 atom stereocenters. The number of oxime groups is 1. The smallest absolute Gasteiger partial charge is 0.264 e. The van der Waals surface area contributed by atoms with Gasteiger partial charge in [0.15, 0.2) is 6.10 Å². The van der Waals surface area contributed by atoms with Crippen molar-refractivity contribution in [2.45, 2.75) is 12.5 Å². The first-order chi connectivity index (χ1) is 8.44. The van der Waals surface area contributed by atoms with Gasteiger partial charge < -0.3 is 4.84 Å². The molecular formula is C11H12BrNO4S. The maximum Gasteiger partial charge on any atom is 0.264 e. The Labute approximate surface area is 114 Å². The highest BCUT2D eigenvalue weighted by Gasteiger charge is 2.23. The van der Waals surface area contributed by atoms with Crippen LogP contribution in [0.1, 0.15) is 12.0 Å². The topological polar surface area (TPSA) is 65.0 Å². The Morgan fingerprint density at radius 1 is 1.44 bits per heavy atom. The molecule has 5 nitrogen and oxygen atoms in total. The van der Waals surface area contributed by atoms with Gasteiger partial charge in [0.1, 0.15) is 6.61 Å². The molecular weight excluding hydrogens is 322 g/mol. The van der Waals surface area contributed by atoms with Crippen molar-refractivity contribution in [1.82, 2.24) is 0 Å². The summed E-state index contributed by atoms with van der Waals surface area (Å²) in [5, 5.41) is 3.94. The maximum absolute atomic E-state index is 10.9. The number of nitrogens with zero attached hydrogens (tertiary/aromatic N) is 1. The van der Waals surface area contributed by atoms with Gasteiger partial charge in [0.05, 0.1) is 12.0 Å². The molecule has 0 spiro atoms. The van der Waals surface area contributed by atoms with Gasteiger partial charge in [-0.05, 0) is 17.7 Å². The van der Waals surface area contributed by atoms with Gasteiger partial charge >= 0.3 is 0 Å². The van der Waals surface area contributed by atoms with Gasteiger partial charge in [-0.3, -0.25) is 4.18 Å². The molecule has 7 heteroatoms. The number of benzene rings is 1. The second-order valence-electron chi connectivity index (χ2n) is 3.97. The molecule has 0 saturated carbocycles. The number of hydrogen-bond acceptors (Lipinski definition) is 5. The van der Waals surface area contributed by atoms with Crippen LogP contribution in [0.4, 0.5) is 0 Å². The predicted molar refractivity (Wildman–Crippen MR) is 71.0 cm³/mol. The largest absolute Gasteiger partial charge is 0.389 e. The molecule has 0 fully saturated rings.